The van der Waals surface area contributed by atoms with E-state index in [0.717, 1.165) is 18.0 Å². The topological polar surface area (TPSA) is 63.9 Å². The van der Waals surface area contributed by atoms with Gasteiger partial charge in [0.15, 0.2) is 0 Å². The standard InChI is InChI=1S/C11H19N5OS/c1-8(10(17)15(2)3)18-11-12-13-14-16(11)9-6-4-5-7-9/h8-9H,4-7H2,1-3H3. The van der Waals surface area contributed by atoms with E-state index in [1.807, 2.05) is 11.6 Å². The second-order valence-corrected chi connectivity index (χ2v) is 6.15. The third kappa shape index (κ3) is 2.82. The van der Waals surface area contributed by atoms with Gasteiger partial charge in [-0.2, -0.15) is 0 Å². The van der Waals surface area contributed by atoms with Crippen LogP contribution in [0.3, 0.4) is 0 Å². The number of thioether (sulfide) groups is 1. The van der Waals surface area contributed by atoms with Crippen molar-refractivity contribution in [3.05, 3.63) is 0 Å². The summed E-state index contributed by atoms with van der Waals surface area (Å²) in [5.41, 5.74) is 0. The Bertz CT molecular complexity index is 413. The van der Waals surface area contributed by atoms with E-state index in [-0.39, 0.29) is 11.2 Å². The molecule has 6 nitrogen and oxygen atoms in total. The fourth-order valence-corrected chi connectivity index (χ4v) is 3.22. The Morgan fingerprint density at radius 1 is 1.44 bits per heavy atom. The number of amides is 1. The highest BCUT2D eigenvalue weighted by atomic mass is 32.2. The summed E-state index contributed by atoms with van der Waals surface area (Å²) in [6.07, 6.45) is 4.74. The van der Waals surface area contributed by atoms with Crippen LogP contribution in [-0.2, 0) is 4.79 Å². The predicted molar refractivity (Wildman–Crippen MR) is 69.3 cm³/mol. The number of carbonyl (C=O) groups excluding carboxylic acids is 1. The van der Waals surface area contributed by atoms with E-state index in [0.29, 0.717) is 6.04 Å². The first kappa shape index (κ1) is 13.3. The third-order valence-electron chi connectivity index (χ3n) is 3.20. The molecule has 1 aromatic heterocycles. The summed E-state index contributed by atoms with van der Waals surface area (Å²) in [4.78, 5) is 13.4. The average Bonchev–Trinajstić information content (AvgIpc) is 2.96. The molecule has 0 aliphatic heterocycles. The lowest BCUT2D eigenvalue weighted by atomic mass is 10.3. The maximum Gasteiger partial charge on any atom is 0.235 e. The molecule has 1 atom stereocenters. The molecule has 1 heterocycles. The zero-order chi connectivity index (χ0) is 13.1. The highest BCUT2D eigenvalue weighted by Crippen LogP contribution is 2.32. The minimum absolute atomic E-state index is 0.0842. The van der Waals surface area contributed by atoms with Gasteiger partial charge in [-0.05, 0) is 30.2 Å². The SMILES string of the molecule is CC(Sc1nnnn1C1CCCC1)C(=O)N(C)C. The molecule has 1 amide bonds. The van der Waals surface area contributed by atoms with Crippen LogP contribution >= 0.6 is 11.8 Å². The molecule has 1 aliphatic carbocycles. The van der Waals surface area contributed by atoms with Crippen molar-refractivity contribution in [1.82, 2.24) is 25.1 Å². The summed E-state index contributed by atoms with van der Waals surface area (Å²) in [7, 11) is 3.53. The maximum absolute atomic E-state index is 11.8. The molecule has 0 bridgehead atoms. The fraction of sp³-hybridized carbons (Fsp3) is 0.818. The number of rotatable bonds is 4. The maximum atomic E-state index is 11.8. The van der Waals surface area contributed by atoms with Crippen molar-refractivity contribution in [3.8, 4) is 0 Å². The summed E-state index contributed by atoms with van der Waals surface area (Å²) in [5, 5.41) is 12.4. The average molecular weight is 269 g/mol. The fourth-order valence-electron chi connectivity index (χ4n) is 2.21. The van der Waals surface area contributed by atoms with Gasteiger partial charge in [0.25, 0.3) is 0 Å². The van der Waals surface area contributed by atoms with Crippen LogP contribution in [0, 0.1) is 0 Å². The number of hydrogen-bond acceptors (Lipinski definition) is 5. The van der Waals surface area contributed by atoms with Gasteiger partial charge in [0.2, 0.25) is 11.1 Å². The van der Waals surface area contributed by atoms with E-state index in [9.17, 15) is 4.79 Å². The molecular weight excluding hydrogens is 250 g/mol. The van der Waals surface area contributed by atoms with Gasteiger partial charge in [0.05, 0.1) is 11.3 Å². The van der Waals surface area contributed by atoms with E-state index >= 15 is 0 Å². The summed E-state index contributed by atoms with van der Waals surface area (Å²) >= 11 is 1.44. The Kier molecular flexibility index (Phi) is 4.21. The monoisotopic (exact) mass is 269 g/mol. The summed E-state index contributed by atoms with van der Waals surface area (Å²) < 4.78 is 1.89. The van der Waals surface area contributed by atoms with Crippen molar-refractivity contribution in [1.29, 1.82) is 0 Å². The van der Waals surface area contributed by atoms with Gasteiger partial charge in [-0.25, -0.2) is 4.68 Å². The minimum Gasteiger partial charge on any atom is -0.348 e. The van der Waals surface area contributed by atoms with Crippen molar-refractivity contribution in [2.45, 2.75) is 49.1 Å². The van der Waals surface area contributed by atoms with Crippen molar-refractivity contribution < 1.29 is 4.79 Å². The lowest BCUT2D eigenvalue weighted by Crippen LogP contribution is -2.30. The summed E-state index contributed by atoms with van der Waals surface area (Å²) in [5.74, 6) is 0.0842. The molecule has 0 saturated heterocycles. The summed E-state index contributed by atoms with van der Waals surface area (Å²) in [6, 6.07) is 0.407. The molecule has 0 N–H and O–H groups in total. The molecule has 1 aliphatic rings. The Morgan fingerprint density at radius 2 is 2.11 bits per heavy atom. The van der Waals surface area contributed by atoms with Gasteiger partial charge in [-0.15, -0.1) is 5.10 Å². The Balaban J connectivity index is 2.05. The van der Waals surface area contributed by atoms with Crippen molar-refractivity contribution in [3.63, 3.8) is 0 Å². The second kappa shape index (κ2) is 5.69. The number of tetrazole rings is 1. The van der Waals surface area contributed by atoms with Crippen LogP contribution in [0.15, 0.2) is 5.16 Å². The summed E-state index contributed by atoms with van der Waals surface area (Å²) in [6.45, 7) is 1.89. The van der Waals surface area contributed by atoms with E-state index in [1.165, 1.54) is 24.6 Å². The number of carbonyl (C=O) groups is 1. The molecule has 1 fully saturated rings. The predicted octanol–water partition coefficient (Wildman–Crippen LogP) is 1.36. The van der Waals surface area contributed by atoms with Crippen LogP contribution < -0.4 is 0 Å². The minimum atomic E-state index is -0.161. The van der Waals surface area contributed by atoms with Crippen LogP contribution in [0.2, 0.25) is 0 Å². The van der Waals surface area contributed by atoms with Crippen LogP contribution in [0.1, 0.15) is 38.6 Å². The molecule has 100 valence electrons. The van der Waals surface area contributed by atoms with Crippen LogP contribution in [0.25, 0.3) is 0 Å². The molecule has 1 unspecified atom stereocenters. The van der Waals surface area contributed by atoms with E-state index in [1.54, 1.807) is 19.0 Å². The first-order valence-corrected chi connectivity index (χ1v) is 7.13. The lowest BCUT2D eigenvalue weighted by molar-refractivity contribution is -0.127. The van der Waals surface area contributed by atoms with Gasteiger partial charge in [-0.3, -0.25) is 4.79 Å². The first-order chi connectivity index (χ1) is 8.59. The molecule has 1 aromatic rings. The second-order valence-electron chi connectivity index (χ2n) is 4.84. The number of nitrogens with zero attached hydrogens (tertiary/aromatic N) is 5. The highest BCUT2D eigenvalue weighted by molar-refractivity contribution is 8.00. The molecule has 0 aromatic carbocycles. The van der Waals surface area contributed by atoms with Crippen molar-refractivity contribution >= 4 is 17.7 Å². The van der Waals surface area contributed by atoms with Gasteiger partial charge in [-0.1, -0.05) is 24.6 Å². The van der Waals surface area contributed by atoms with Crippen molar-refractivity contribution in [2.24, 2.45) is 0 Å². The first-order valence-electron chi connectivity index (χ1n) is 6.25. The third-order valence-corrected chi connectivity index (χ3v) is 4.24. The number of hydrogen-bond donors (Lipinski definition) is 0. The van der Waals surface area contributed by atoms with Crippen LogP contribution in [-0.4, -0.2) is 50.4 Å². The van der Waals surface area contributed by atoms with Crippen LogP contribution in [0.4, 0.5) is 0 Å². The van der Waals surface area contributed by atoms with Gasteiger partial charge >= 0.3 is 0 Å². The Hall–Kier alpha value is -1.11. The van der Waals surface area contributed by atoms with E-state index in [2.05, 4.69) is 15.5 Å². The molecule has 1 saturated carbocycles. The molecule has 0 spiro atoms. The molecule has 2 rings (SSSR count). The molecule has 18 heavy (non-hydrogen) atoms. The molecular formula is C11H19N5OS. The molecule has 7 heteroatoms. The quantitative estimate of drug-likeness (QED) is 0.772. The Labute approximate surface area is 111 Å². The lowest BCUT2D eigenvalue weighted by Gasteiger charge is -2.17. The highest BCUT2D eigenvalue weighted by Gasteiger charge is 2.25. The van der Waals surface area contributed by atoms with Gasteiger partial charge < -0.3 is 4.90 Å². The zero-order valence-electron chi connectivity index (χ0n) is 11.0. The number of aromatic nitrogens is 4. The zero-order valence-corrected chi connectivity index (χ0v) is 11.9. The normalized spacial score (nSPS) is 17.9. The van der Waals surface area contributed by atoms with Gasteiger partial charge in [0, 0.05) is 14.1 Å². The largest absolute Gasteiger partial charge is 0.348 e. The van der Waals surface area contributed by atoms with Crippen molar-refractivity contribution in [2.75, 3.05) is 14.1 Å². The Morgan fingerprint density at radius 3 is 2.72 bits per heavy atom. The smallest absolute Gasteiger partial charge is 0.235 e. The van der Waals surface area contributed by atoms with E-state index in [4.69, 9.17) is 0 Å². The molecule has 0 radical (unpaired) electrons. The van der Waals surface area contributed by atoms with E-state index < -0.39 is 0 Å². The van der Waals surface area contributed by atoms with Crippen LogP contribution in [0.5, 0.6) is 0 Å². The van der Waals surface area contributed by atoms with Gasteiger partial charge in [0.1, 0.15) is 0 Å².